The molecule has 0 saturated carbocycles. The van der Waals surface area contributed by atoms with Gasteiger partial charge in [0.2, 0.25) is 11.9 Å². The van der Waals surface area contributed by atoms with E-state index in [0.717, 1.165) is 5.69 Å². The highest BCUT2D eigenvalue weighted by Crippen LogP contribution is 2.27. The van der Waals surface area contributed by atoms with E-state index in [-0.39, 0.29) is 17.5 Å². The van der Waals surface area contributed by atoms with Crippen LogP contribution in [0, 0.1) is 5.82 Å². The molecule has 0 aliphatic carbocycles. The predicted octanol–water partition coefficient (Wildman–Crippen LogP) is 2.05. The van der Waals surface area contributed by atoms with Crippen LogP contribution >= 0.6 is 11.8 Å². The van der Waals surface area contributed by atoms with Gasteiger partial charge in [-0.1, -0.05) is 23.9 Å². The maximum Gasteiger partial charge on any atom is 0.232 e. The van der Waals surface area contributed by atoms with Gasteiger partial charge in [0, 0.05) is 19.3 Å². The van der Waals surface area contributed by atoms with Gasteiger partial charge in [-0.05, 0) is 30.3 Å². The van der Waals surface area contributed by atoms with Gasteiger partial charge < -0.3 is 15.0 Å². The van der Waals surface area contributed by atoms with Crippen molar-refractivity contribution in [2.24, 2.45) is 0 Å². The number of anilines is 1. The third-order valence-electron chi connectivity index (χ3n) is 4.50. The molecule has 2 aromatic heterocycles. The number of nitrogens with one attached hydrogen (secondary N) is 1. The van der Waals surface area contributed by atoms with Crippen LogP contribution in [0.15, 0.2) is 53.8 Å². The van der Waals surface area contributed by atoms with Gasteiger partial charge in [-0.3, -0.25) is 14.3 Å². The van der Waals surface area contributed by atoms with E-state index in [9.17, 15) is 9.18 Å². The molecular formula is C20H21FN6O2S. The minimum Gasteiger partial charge on any atom is -0.378 e. The molecule has 1 aliphatic rings. The van der Waals surface area contributed by atoms with Crippen molar-refractivity contribution in [3.05, 3.63) is 60.2 Å². The number of thioether (sulfide) groups is 1. The van der Waals surface area contributed by atoms with Crippen LogP contribution in [0.3, 0.4) is 0 Å². The van der Waals surface area contributed by atoms with Crippen LogP contribution in [0.2, 0.25) is 0 Å². The zero-order valence-corrected chi connectivity index (χ0v) is 17.0. The van der Waals surface area contributed by atoms with Gasteiger partial charge in [-0.25, -0.2) is 4.39 Å². The first-order valence-corrected chi connectivity index (χ1v) is 10.5. The van der Waals surface area contributed by atoms with E-state index in [0.29, 0.717) is 49.6 Å². The third kappa shape index (κ3) is 4.95. The maximum absolute atomic E-state index is 13.9. The van der Waals surface area contributed by atoms with E-state index in [1.165, 1.54) is 23.9 Å². The number of ether oxygens (including phenoxy) is 1. The van der Waals surface area contributed by atoms with Crippen molar-refractivity contribution in [3.8, 4) is 5.69 Å². The van der Waals surface area contributed by atoms with Gasteiger partial charge in [-0.15, -0.1) is 10.2 Å². The molecule has 1 amide bonds. The molecule has 1 aliphatic heterocycles. The van der Waals surface area contributed by atoms with Crippen molar-refractivity contribution < 1.29 is 13.9 Å². The molecule has 0 atom stereocenters. The Morgan fingerprint density at radius 2 is 2.03 bits per heavy atom. The van der Waals surface area contributed by atoms with Gasteiger partial charge in [0.1, 0.15) is 5.82 Å². The molecule has 10 heteroatoms. The Balaban J connectivity index is 1.49. The molecule has 1 fully saturated rings. The van der Waals surface area contributed by atoms with Crippen LogP contribution in [-0.4, -0.2) is 57.7 Å². The summed E-state index contributed by atoms with van der Waals surface area (Å²) in [6.07, 6.45) is 1.69. The fraction of sp³-hybridized carbons (Fsp3) is 0.300. The Morgan fingerprint density at radius 3 is 2.80 bits per heavy atom. The molecular weight excluding hydrogens is 407 g/mol. The molecule has 1 aromatic carbocycles. The normalized spacial score (nSPS) is 14.0. The number of hydrogen-bond donors (Lipinski definition) is 1. The largest absolute Gasteiger partial charge is 0.378 e. The molecule has 30 heavy (non-hydrogen) atoms. The summed E-state index contributed by atoms with van der Waals surface area (Å²) in [6.45, 7) is 2.88. The minimum atomic E-state index is -0.349. The standard InChI is InChI=1S/C20H21FN6O2S/c21-15-4-3-6-17(12-15)27-19(26-8-10-29-11-9-26)24-25-20(27)30-14-18(28)23-13-16-5-1-2-7-22-16/h1-7,12H,8-11,13-14H2,(H,23,28). The highest BCUT2D eigenvalue weighted by Gasteiger charge is 2.22. The van der Waals surface area contributed by atoms with E-state index in [1.807, 2.05) is 23.1 Å². The average Bonchev–Trinajstić information content (AvgIpc) is 3.21. The van der Waals surface area contributed by atoms with Gasteiger partial charge in [-0.2, -0.15) is 0 Å². The summed E-state index contributed by atoms with van der Waals surface area (Å²) in [5.41, 5.74) is 1.39. The lowest BCUT2D eigenvalue weighted by Crippen LogP contribution is -2.37. The monoisotopic (exact) mass is 428 g/mol. The van der Waals surface area contributed by atoms with Crippen molar-refractivity contribution in [2.75, 3.05) is 37.0 Å². The van der Waals surface area contributed by atoms with Crippen LogP contribution in [-0.2, 0) is 16.1 Å². The summed E-state index contributed by atoms with van der Waals surface area (Å²) in [5, 5.41) is 11.9. The van der Waals surface area contributed by atoms with E-state index in [1.54, 1.807) is 22.9 Å². The van der Waals surface area contributed by atoms with Crippen molar-refractivity contribution in [3.63, 3.8) is 0 Å². The highest BCUT2D eigenvalue weighted by molar-refractivity contribution is 7.99. The van der Waals surface area contributed by atoms with Crippen molar-refractivity contribution in [1.82, 2.24) is 25.1 Å². The number of aromatic nitrogens is 4. The third-order valence-corrected chi connectivity index (χ3v) is 5.43. The molecule has 3 aromatic rings. The molecule has 1 saturated heterocycles. The molecule has 0 spiro atoms. The number of rotatable bonds is 7. The smallest absolute Gasteiger partial charge is 0.232 e. The molecule has 0 bridgehead atoms. The van der Waals surface area contributed by atoms with Crippen LogP contribution in [0.1, 0.15) is 5.69 Å². The number of benzene rings is 1. The van der Waals surface area contributed by atoms with E-state index < -0.39 is 0 Å². The first-order chi connectivity index (χ1) is 14.7. The summed E-state index contributed by atoms with van der Waals surface area (Å²) in [5.74, 6) is 0.273. The van der Waals surface area contributed by atoms with Crippen molar-refractivity contribution in [1.29, 1.82) is 0 Å². The number of halogens is 1. The number of amides is 1. The Labute approximate surface area is 177 Å². The molecule has 0 unspecified atom stereocenters. The number of pyridine rings is 1. The Kier molecular flexibility index (Phi) is 6.55. The summed E-state index contributed by atoms with van der Waals surface area (Å²) in [6, 6.07) is 11.8. The van der Waals surface area contributed by atoms with Crippen LogP contribution in [0.4, 0.5) is 10.3 Å². The van der Waals surface area contributed by atoms with Gasteiger partial charge in [0.15, 0.2) is 5.16 Å². The second kappa shape index (κ2) is 9.68. The van der Waals surface area contributed by atoms with Crippen LogP contribution in [0.25, 0.3) is 5.69 Å². The second-order valence-corrected chi connectivity index (χ2v) is 7.53. The van der Waals surface area contributed by atoms with E-state index in [4.69, 9.17) is 4.74 Å². The number of hydrogen-bond acceptors (Lipinski definition) is 7. The summed E-state index contributed by atoms with van der Waals surface area (Å²) < 4.78 is 21.1. The average molecular weight is 428 g/mol. The highest BCUT2D eigenvalue weighted by atomic mass is 32.2. The lowest BCUT2D eigenvalue weighted by molar-refractivity contribution is -0.118. The summed E-state index contributed by atoms with van der Waals surface area (Å²) >= 11 is 1.25. The molecule has 156 valence electrons. The Hall–Kier alpha value is -2.98. The lowest BCUT2D eigenvalue weighted by Gasteiger charge is -2.27. The fourth-order valence-electron chi connectivity index (χ4n) is 3.04. The first-order valence-electron chi connectivity index (χ1n) is 9.54. The zero-order valence-electron chi connectivity index (χ0n) is 16.2. The second-order valence-electron chi connectivity index (χ2n) is 6.58. The van der Waals surface area contributed by atoms with Gasteiger partial charge in [0.05, 0.1) is 36.9 Å². The van der Waals surface area contributed by atoms with Crippen molar-refractivity contribution >= 4 is 23.6 Å². The quantitative estimate of drug-likeness (QED) is 0.577. The SMILES string of the molecule is O=C(CSc1nnc(N2CCOCC2)n1-c1cccc(F)c1)NCc1ccccn1. The Bertz CT molecular complexity index is 994. The van der Waals surface area contributed by atoms with E-state index >= 15 is 0 Å². The van der Waals surface area contributed by atoms with Crippen LogP contribution < -0.4 is 10.2 Å². The van der Waals surface area contributed by atoms with Crippen molar-refractivity contribution in [2.45, 2.75) is 11.7 Å². The number of nitrogens with zero attached hydrogens (tertiary/aromatic N) is 5. The Morgan fingerprint density at radius 1 is 1.17 bits per heavy atom. The molecule has 3 heterocycles. The summed E-state index contributed by atoms with van der Waals surface area (Å²) in [4.78, 5) is 18.5. The number of carbonyl (C=O) groups is 1. The molecule has 4 rings (SSSR count). The van der Waals surface area contributed by atoms with Gasteiger partial charge in [0.25, 0.3) is 0 Å². The maximum atomic E-state index is 13.9. The van der Waals surface area contributed by atoms with Gasteiger partial charge >= 0.3 is 0 Å². The predicted molar refractivity (Wildman–Crippen MR) is 111 cm³/mol. The number of morpholine rings is 1. The summed E-state index contributed by atoms with van der Waals surface area (Å²) in [7, 11) is 0. The number of carbonyl (C=O) groups excluding carboxylic acids is 1. The van der Waals surface area contributed by atoms with Crippen LogP contribution in [0.5, 0.6) is 0 Å². The van der Waals surface area contributed by atoms with E-state index in [2.05, 4.69) is 20.5 Å². The molecule has 8 nitrogen and oxygen atoms in total. The minimum absolute atomic E-state index is 0.146. The first kappa shape index (κ1) is 20.3. The molecule has 1 N–H and O–H groups in total. The molecule has 0 radical (unpaired) electrons. The fourth-order valence-corrected chi connectivity index (χ4v) is 3.81. The lowest BCUT2D eigenvalue weighted by atomic mass is 10.3. The topological polar surface area (TPSA) is 85.2 Å². The zero-order chi connectivity index (χ0) is 20.8.